The van der Waals surface area contributed by atoms with Gasteiger partial charge in [-0.1, -0.05) is 6.07 Å². The molecule has 0 aliphatic carbocycles. The molecular formula is C11H10FN2. The maximum Gasteiger partial charge on any atom is 0.128 e. The monoisotopic (exact) mass is 189 g/mol. The molecule has 0 aliphatic heterocycles. The number of hydrogen-bond acceptors (Lipinski definition) is 1. The van der Waals surface area contributed by atoms with Crippen LogP contribution in [0, 0.1) is 12.7 Å². The van der Waals surface area contributed by atoms with Gasteiger partial charge in [-0.25, -0.2) is 9.07 Å². The molecule has 2 nitrogen and oxygen atoms in total. The van der Waals surface area contributed by atoms with Gasteiger partial charge in [-0.05, 0) is 37.1 Å². The van der Waals surface area contributed by atoms with Crippen molar-refractivity contribution < 1.29 is 4.39 Å². The molecule has 0 amide bonds. The molecule has 0 saturated carbocycles. The molecule has 0 unspecified atom stereocenters. The van der Waals surface area contributed by atoms with Gasteiger partial charge in [0.15, 0.2) is 0 Å². The number of benzene rings is 1. The lowest BCUT2D eigenvalue weighted by Crippen LogP contribution is -1.96. The van der Waals surface area contributed by atoms with Gasteiger partial charge in [-0.3, -0.25) is 0 Å². The molecule has 1 aromatic carbocycles. The van der Waals surface area contributed by atoms with E-state index >= 15 is 0 Å². The van der Waals surface area contributed by atoms with Crippen molar-refractivity contribution in [1.29, 1.82) is 0 Å². The largest absolute Gasteiger partial charge is 0.241 e. The zero-order chi connectivity index (χ0) is 9.97. The number of aromatic nitrogens is 2. The molecule has 0 spiro atoms. The van der Waals surface area contributed by atoms with Gasteiger partial charge >= 0.3 is 0 Å². The highest BCUT2D eigenvalue weighted by atomic mass is 19.1. The second kappa shape index (κ2) is 3.62. The zero-order valence-electron chi connectivity index (χ0n) is 7.65. The van der Waals surface area contributed by atoms with Gasteiger partial charge in [-0.2, -0.15) is 5.10 Å². The lowest BCUT2D eigenvalue weighted by atomic mass is 10.1. The van der Waals surface area contributed by atoms with Crippen molar-refractivity contribution in [3.05, 3.63) is 55.0 Å². The van der Waals surface area contributed by atoms with Gasteiger partial charge in [0.2, 0.25) is 0 Å². The summed E-state index contributed by atoms with van der Waals surface area (Å²) in [4.78, 5) is 0. The Morgan fingerprint density at radius 1 is 1.43 bits per heavy atom. The molecule has 0 bridgehead atoms. The summed E-state index contributed by atoms with van der Waals surface area (Å²) in [5.41, 5.74) is 1.35. The predicted octanol–water partition coefficient (Wildman–Crippen LogP) is 2.39. The fourth-order valence-corrected chi connectivity index (χ4v) is 1.30. The number of nitrogens with zero attached hydrogens (tertiary/aromatic N) is 2. The lowest BCUT2D eigenvalue weighted by Gasteiger charge is -2.04. The van der Waals surface area contributed by atoms with Gasteiger partial charge in [0.05, 0.1) is 5.69 Å². The molecule has 0 fully saturated rings. The summed E-state index contributed by atoms with van der Waals surface area (Å²) >= 11 is 0. The van der Waals surface area contributed by atoms with E-state index in [2.05, 4.69) is 12.0 Å². The van der Waals surface area contributed by atoms with E-state index in [0.29, 0.717) is 12.0 Å². The molecule has 1 radical (unpaired) electrons. The van der Waals surface area contributed by atoms with E-state index in [4.69, 9.17) is 0 Å². The third kappa shape index (κ3) is 1.53. The number of halogens is 1. The van der Waals surface area contributed by atoms with Crippen molar-refractivity contribution in [3.8, 4) is 5.69 Å². The van der Waals surface area contributed by atoms with Crippen LogP contribution in [-0.4, -0.2) is 9.78 Å². The second-order valence-electron chi connectivity index (χ2n) is 2.98. The van der Waals surface area contributed by atoms with Gasteiger partial charge in [0.25, 0.3) is 0 Å². The van der Waals surface area contributed by atoms with E-state index in [9.17, 15) is 4.39 Å². The highest BCUT2D eigenvalue weighted by Crippen LogP contribution is 2.13. The summed E-state index contributed by atoms with van der Waals surface area (Å²) in [6.07, 6.45) is 3.90. The zero-order valence-corrected chi connectivity index (χ0v) is 7.65. The number of rotatable bonds is 2. The maximum atomic E-state index is 13.4. The lowest BCUT2D eigenvalue weighted by molar-refractivity contribution is 0.612. The molecule has 0 saturated heterocycles. The van der Waals surface area contributed by atoms with Crippen LogP contribution in [0.25, 0.3) is 5.69 Å². The molecule has 0 N–H and O–H groups in total. The molecule has 0 atom stereocenters. The Labute approximate surface area is 82.0 Å². The minimum atomic E-state index is -0.229. The fourth-order valence-electron chi connectivity index (χ4n) is 1.30. The van der Waals surface area contributed by atoms with Crippen LogP contribution >= 0.6 is 0 Å². The Morgan fingerprint density at radius 2 is 2.29 bits per heavy atom. The first kappa shape index (κ1) is 8.94. The SMILES string of the molecule is [CH2]Cc1ccc(-n2cccn2)cc1F. The van der Waals surface area contributed by atoms with Gasteiger partial charge in [-0.15, -0.1) is 0 Å². The molecule has 71 valence electrons. The predicted molar refractivity (Wildman–Crippen MR) is 52.6 cm³/mol. The molecule has 2 rings (SSSR count). The minimum absolute atomic E-state index is 0.229. The summed E-state index contributed by atoms with van der Waals surface area (Å²) in [6, 6.07) is 6.83. The van der Waals surface area contributed by atoms with Crippen LogP contribution in [0.3, 0.4) is 0 Å². The molecule has 14 heavy (non-hydrogen) atoms. The molecular weight excluding hydrogens is 179 g/mol. The van der Waals surface area contributed by atoms with Crippen molar-refractivity contribution in [2.45, 2.75) is 6.42 Å². The van der Waals surface area contributed by atoms with Gasteiger partial charge < -0.3 is 0 Å². The Morgan fingerprint density at radius 3 is 2.86 bits per heavy atom. The van der Waals surface area contributed by atoms with E-state index in [1.165, 1.54) is 6.07 Å². The fraction of sp³-hybridized carbons (Fsp3) is 0.0909. The van der Waals surface area contributed by atoms with Crippen molar-refractivity contribution in [2.24, 2.45) is 0 Å². The Bertz CT molecular complexity index is 421. The van der Waals surface area contributed by atoms with Crippen molar-refractivity contribution in [2.75, 3.05) is 0 Å². The van der Waals surface area contributed by atoms with Crippen LogP contribution in [0.1, 0.15) is 5.56 Å². The van der Waals surface area contributed by atoms with E-state index in [1.54, 1.807) is 29.2 Å². The molecule has 0 aliphatic rings. The standard InChI is InChI=1S/C11H10FN2/c1-2-9-4-5-10(8-11(9)12)14-7-3-6-13-14/h3-8H,1-2H2. The molecule has 1 aromatic heterocycles. The maximum absolute atomic E-state index is 13.4. The summed E-state index contributed by atoms with van der Waals surface area (Å²) in [5, 5.41) is 4.02. The van der Waals surface area contributed by atoms with Gasteiger partial charge in [0, 0.05) is 12.4 Å². The average Bonchev–Trinajstić information content (AvgIpc) is 2.70. The summed E-state index contributed by atoms with van der Waals surface area (Å²) in [6.45, 7) is 3.65. The molecule has 3 heteroatoms. The van der Waals surface area contributed by atoms with Crippen molar-refractivity contribution in [1.82, 2.24) is 9.78 Å². The number of hydrogen-bond donors (Lipinski definition) is 0. The smallest absolute Gasteiger partial charge is 0.128 e. The molecule has 2 aromatic rings. The van der Waals surface area contributed by atoms with Crippen LogP contribution in [0.15, 0.2) is 36.7 Å². The highest BCUT2D eigenvalue weighted by Gasteiger charge is 2.02. The normalized spacial score (nSPS) is 10.4. The summed E-state index contributed by atoms with van der Waals surface area (Å²) < 4.78 is 15.0. The van der Waals surface area contributed by atoms with E-state index < -0.39 is 0 Å². The van der Waals surface area contributed by atoms with Crippen LogP contribution in [0.4, 0.5) is 4.39 Å². The van der Waals surface area contributed by atoms with E-state index in [1.807, 2.05) is 6.07 Å². The first-order valence-corrected chi connectivity index (χ1v) is 4.39. The van der Waals surface area contributed by atoms with Crippen molar-refractivity contribution >= 4 is 0 Å². The third-order valence-electron chi connectivity index (χ3n) is 2.07. The van der Waals surface area contributed by atoms with Crippen molar-refractivity contribution in [3.63, 3.8) is 0 Å². The topological polar surface area (TPSA) is 17.8 Å². The van der Waals surface area contributed by atoms with Crippen LogP contribution in [-0.2, 0) is 6.42 Å². The first-order valence-electron chi connectivity index (χ1n) is 4.39. The highest BCUT2D eigenvalue weighted by molar-refractivity contribution is 5.35. The van der Waals surface area contributed by atoms with Crippen LogP contribution in [0.2, 0.25) is 0 Å². The minimum Gasteiger partial charge on any atom is -0.241 e. The summed E-state index contributed by atoms with van der Waals surface area (Å²) in [5.74, 6) is -0.229. The summed E-state index contributed by atoms with van der Waals surface area (Å²) in [7, 11) is 0. The molecule has 1 heterocycles. The van der Waals surface area contributed by atoms with E-state index in [-0.39, 0.29) is 5.82 Å². The first-order chi connectivity index (χ1) is 6.81. The van der Waals surface area contributed by atoms with E-state index in [0.717, 1.165) is 5.69 Å². The Balaban J connectivity index is 2.43. The quantitative estimate of drug-likeness (QED) is 0.709. The third-order valence-corrected chi connectivity index (χ3v) is 2.07. The van der Waals surface area contributed by atoms with Crippen LogP contribution in [0.5, 0.6) is 0 Å². The Kier molecular flexibility index (Phi) is 2.31. The van der Waals surface area contributed by atoms with Crippen LogP contribution < -0.4 is 0 Å². The average molecular weight is 189 g/mol. The van der Waals surface area contributed by atoms with Gasteiger partial charge in [0.1, 0.15) is 5.82 Å². The second-order valence-corrected chi connectivity index (χ2v) is 2.98. The Hall–Kier alpha value is -1.64.